The Bertz CT molecular complexity index is 839. The van der Waals surface area contributed by atoms with Crippen molar-refractivity contribution in [3.8, 4) is 0 Å². The molecule has 0 unspecified atom stereocenters. The summed E-state index contributed by atoms with van der Waals surface area (Å²) in [6, 6.07) is 9.95. The fraction of sp³-hybridized carbons (Fsp3) is 0.167. The van der Waals surface area contributed by atoms with Gasteiger partial charge in [0.2, 0.25) is 5.91 Å². The van der Waals surface area contributed by atoms with E-state index in [0.717, 1.165) is 0 Å². The molecule has 2 aromatic rings. The third kappa shape index (κ3) is 4.64. The van der Waals surface area contributed by atoms with Crippen molar-refractivity contribution in [3.63, 3.8) is 0 Å². The van der Waals surface area contributed by atoms with E-state index in [2.05, 4.69) is 0 Å². The van der Waals surface area contributed by atoms with E-state index in [1.54, 1.807) is 26.1 Å². The Morgan fingerprint density at radius 3 is 2.68 bits per heavy atom. The number of halogens is 2. The van der Waals surface area contributed by atoms with Gasteiger partial charge in [-0.2, -0.15) is 0 Å². The van der Waals surface area contributed by atoms with Gasteiger partial charge in [0, 0.05) is 25.3 Å². The maximum absolute atomic E-state index is 13.1. The normalized spacial score (nSPS) is 12.2. The molecular weight excluding hydrogens is 347 g/mol. The van der Waals surface area contributed by atoms with Gasteiger partial charge in [-0.05, 0) is 36.3 Å². The molecule has 0 radical (unpaired) electrons. The Morgan fingerprint density at radius 1 is 1.32 bits per heavy atom. The topological polar surface area (TPSA) is 63.5 Å². The van der Waals surface area contributed by atoms with Crippen LogP contribution in [-0.2, 0) is 4.79 Å². The summed E-state index contributed by atoms with van der Waals surface area (Å²) in [4.78, 5) is 24.1. The van der Waals surface area contributed by atoms with Gasteiger partial charge in [0.25, 0.3) is 5.69 Å². The molecule has 1 amide bonds. The molecule has 0 saturated heterocycles. The molecule has 2 rings (SSSR count). The van der Waals surface area contributed by atoms with E-state index >= 15 is 0 Å². The molecular formula is C18H16ClFN2O3. The van der Waals surface area contributed by atoms with Crippen molar-refractivity contribution in [1.82, 2.24) is 4.90 Å². The van der Waals surface area contributed by atoms with Gasteiger partial charge in [-0.3, -0.25) is 14.9 Å². The summed E-state index contributed by atoms with van der Waals surface area (Å²) in [6.07, 6.45) is 2.88. The van der Waals surface area contributed by atoms with Gasteiger partial charge in [0.1, 0.15) is 5.82 Å². The minimum absolute atomic E-state index is 0.0204. The second-order valence-corrected chi connectivity index (χ2v) is 5.89. The first-order valence-corrected chi connectivity index (χ1v) is 7.81. The summed E-state index contributed by atoms with van der Waals surface area (Å²) in [5.41, 5.74) is 1.22. The van der Waals surface area contributed by atoms with Crippen molar-refractivity contribution in [1.29, 1.82) is 0 Å². The SMILES string of the molecule is C[C@H](c1cccc([N+](=O)[O-])c1)N(C)C(=O)/C=C/c1ccc(F)c(Cl)c1. The molecule has 0 aromatic heterocycles. The van der Waals surface area contributed by atoms with Gasteiger partial charge in [0.15, 0.2) is 0 Å². The van der Waals surface area contributed by atoms with E-state index in [1.165, 1.54) is 47.4 Å². The van der Waals surface area contributed by atoms with E-state index in [4.69, 9.17) is 11.6 Å². The molecule has 0 aliphatic rings. The van der Waals surface area contributed by atoms with E-state index in [0.29, 0.717) is 11.1 Å². The quantitative estimate of drug-likeness (QED) is 0.443. The number of nitro benzene ring substituents is 1. The van der Waals surface area contributed by atoms with Gasteiger partial charge in [0.05, 0.1) is 16.0 Å². The first-order valence-electron chi connectivity index (χ1n) is 7.44. The first kappa shape index (κ1) is 18.6. The fourth-order valence-electron chi connectivity index (χ4n) is 2.21. The van der Waals surface area contributed by atoms with Gasteiger partial charge >= 0.3 is 0 Å². The molecule has 0 heterocycles. The van der Waals surface area contributed by atoms with E-state index in [1.807, 2.05) is 0 Å². The summed E-state index contributed by atoms with van der Waals surface area (Å²) in [7, 11) is 1.60. The van der Waals surface area contributed by atoms with Crippen LogP contribution in [-0.4, -0.2) is 22.8 Å². The zero-order valence-corrected chi connectivity index (χ0v) is 14.4. The summed E-state index contributed by atoms with van der Waals surface area (Å²) in [5, 5.41) is 10.8. The summed E-state index contributed by atoms with van der Waals surface area (Å²) >= 11 is 5.70. The Kier molecular flexibility index (Phi) is 5.88. The molecule has 0 N–H and O–H groups in total. The standard InChI is InChI=1S/C18H16ClFN2O3/c1-12(14-4-3-5-15(11-14)22(24)25)21(2)18(23)9-7-13-6-8-17(20)16(19)10-13/h3-12H,1-2H3/b9-7+/t12-/m1/s1. The average molecular weight is 363 g/mol. The van der Waals surface area contributed by atoms with Crippen LogP contribution in [0.15, 0.2) is 48.5 Å². The number of hydrogen-bond donors (Lipinski definition) is 0. The molecule has 7 heteroatoms. The Labute approximate surface area is 149 Å². The highest BCUT2D eigenvalue weighted by atomic mass is 35.5. The van der Waals surface area contributed by atoms with E-state index < -0.39 is 10.7 Å². The monoisotopic (exact) mass is 362 g/mol. The lowest BCUT2D eigenvalue weighted by Gasteiger charge is -2.24. The molecule has 2 aromatic carbocycles. The maximum Gasteiger partial charge on any atom is 0.269 e. The third-order valence-electron chi connectivity index (χ3n) is 3.85. The molecule has 5 nitrogen and oxygen atoms in total. The predicted octanol–water partition coefficient (Wildman–Crippen LogP) is 4.62. The van der Waals surface area contributed by atoms with Crippen LogP contribution in [0.1, 0.15) is 24.1 Å². The summed E-state index contributed by atoms with van der Waals surface area (Å²) in [6.45, 7) is 1.78. The molecule has 25 heavy (non-hydrogen) atoms. The highest BCUT2D eigenvalue weighted by Crippen LogP contribution is 2.23. The fourth-order valence-corrected chi connectivity index (χ4v) is 2.40. The number of hydrogen-bond acceptors (Lipinski definition) is 3. The van der Waals surface area contributed by atoms with Crippen molar-refractivity contribution in [2.75, 3.05) is 7.05 Å². The number of non-ortho nitro benzene ring substituents is 1. The number of likely N-dealkylation sites (N-methyl/N-ethyl adjacent to an activating group) is 1. The molecule has 0 fully saturated rings. The molecule has 130 valence electrons. The summed E-state index contributed by atoms with van der Waals surface area (Å²) < 4.78 is 13.1. The second kappa shape index (κ2) is 7.90. The zero-order valence-electron chi connectivity index (χ0n) is 13.6. The van der Waals surface area contributed by atoms with Crippen molar-refractivity contribution in [2.45, 2.75) is 13.0 Å². The number of carbonyl (C=O) groups is 1. The molecule has 0 aliphatic carbocycles. The van der Waals surface area contributed by atoms with Crippen molar-refractivity contribution in [2.24, 2.45) is 0 Å². The third-order valence-corrected chi connectivity index (χ3v) is 4.14. The van der Waals surface area contributed by atoms with Crippen LogP contribution in [0, 0.1) is 15.9 Å². The highest BCUT2D eigenvalue weighted by Gasteiger charge is 2.17. The maximum atomic E-state index is 13.1. The van der Waals surface area contributed by atoms with Gasteiger partial charge < -0.3 is 4.90 Å². The van der Waals surface area contributed by atoms with Crippen LogP contribution in [0.2, 0.25) is 5.02 Å². The van der Waals surface area contributed by atoms with Crippen LogP contribution in [0.25, 0.3) is 6.08 Å². The Hall–Kier alpha value is -2.73. The minimum atomic E-state index is -0.526. The molecule has 0 spiro atoms. The number of carbonyl (C=O) groups excluding carboxylic acids is 1. The number of rotatable bonds is 5. The van der Waals surface area contributed by atoms with Crippen LogP contribution in [0.5, 0.6) is 0 Å². The van der Waals surface area contributed by atoms with Crippen molar-refractivity contribution >= 4 is 29.3 Å². The number of benzene rings is 2. The van der Waals surface area contributed by atoms with Gasteiger partial charge in [-0.25, -0.2) is 4.39 Å². The second-order valence-electron chi connectivity index (χ2n) is 5.48. The smallest absolute Gasteiger partial charge is 0.269 e. The minimum Gasteiger partial charge on any atom is -0.335 e. The van der Waals surface area contributed by atoms with Crippen LogP contribution in [0.4, 0.5) is 10.1 Å². The summed E-state index contributed by atoms with van der Waals surface area (Å²) in [5.74, 6) is -0.819. The number of nitro groups is 1. The molecule has 1 atom stereocenters. The van der Waals surface area contributed by atoms with Crippen molar-refractivity contribution in [3.05, 3.63) is 80.6 Å². The van der Waals surface area contributed by atoms with Gasteiger partial charge in [-0.1, -0.05) is 29.8 Å². The van der Waals surface area contributed by atoms with E-state index in [9.17, 15) is 19.3 Å². The molecule has 0 bridgehead atoms. The Balaban J connectivity index is 2.13. The zero-order chi connectivity index (χ0) is 18.6. The van der Waals surface area contributed by atoms with Crippen LogP contribution >= 0.6 is 11.6 Å². The largest absolute Gasteiger partial charge is 0.335 e. The predicted molar refractivity (Wildman–Crippen MR) is 94.7 cm³/mol. The lowest BCUT2D eigenvalue weighted by molar-refractivity contribution is -0.384. The van der Waals surface area contributed by atoms with Gasteiger partial charge in [-0.15, -0.1) is 0 Å². The van der Waals surface area contributed by atoms with E-state index in [-0.39, 0.29) is 22.7 Å². The lowest BCUT2D eigenvalue weighted by atomic mass is 10.1. The highest BCUT2D eigenvalue weighted by molar-refractivity contribution is 6.30. The molecule has 0 aliphatic heterocycles. The average Bonchev–Trinajstić information content (AvgIpc) is 2.61. The lowest BCUT2D eigenvalue weighted by Crippen LogP contribution is -2.28. The number of amides is 1. The molecule has 0 saturated carbocycles. The first-order chi connectivity index (χ1) is 11.8. The Morgan fingerprint density at radius 2 is 2.04 bits per heavy atom. The number of nitrogens with zero attached hydrogens (tertiary/aromatic N) is 2. The van der Waals surface area contributed by atoms with Crippen molar-refractivity contribution < 1.29 is 14.1 Å². The van der Waals surface area contributed by atoms with Crippen LogP contribution in [0.3, 0.4) is 0 Å². The van der Waals surface area contributed by atoms with Crippen LogP contribution < -0.4 is 0 Å².